The van der Waals surface area contributed by atoms with E-state index in [1.807, 2.05) is 30.3 Å². The van der Waals surface area contributed by atoms with E-state index >= 15 is 0 Å². The lowest BCUT2D eigenvalue weighted by atomic mass is 9.77. The van der Waals surface area contributed by atoms with Crippen LogP contribution < -0.4 is 10.1 Å². The SMILES string of the molecule is OCCC1(c2cccc(OCc3ccccc3)c2)CCNC1. The van der Waals surface area contributed by atoms with Crippen molar-refractivity contribution in [2.45, 2.75) is 24.9 Å². The van der Waals surface area contributed by atoms with Crippen LogP contribution in [0.3, 0.4) is 0 Å². The second kappa shape index (κ2) is 6.95. The molecule has 3 nitrogen and oxygen atoms in total. The van der Waals surface area contributed by atoms with Crippen LogP contribution in [-0.4, -0.2) is 24.8 Å². The Labute approximate surface area is 131 Å². The van der Waals surface area contributed by atoms with Gasteiger partial charge in [0.05, 0.1) is 0 Å². The molecule has 2 aromatic carbocycles. The first-order valence-corrected chi connectivity index (χ1v) is 7.91. The summed E-state index contributed by atoms with van der Waals surface area (Å²) in [6.07, 6.45) is 1.86. The van der Waals surface area contributed by atoms with Crippen LogP contribution in [0.5, 0.6) is 5.75 Å². The van der Waals surface area contributed by atoms with Gasteiger partial charge in [0.25, 0.3) is 0 Å². The molecular weight excluding hydrogens is 274 g/mol. The van der Waals surface area contributed by atoms with Gasteiger partial charge in [0.1, 0.15) is 12.4 Å². The van der Waals surface area contributed by atoms with Gasteiger partial charge in [0.15, 0.2) is 0 Å². The van der Waals surface area contributed by atoms with Crippen LogP contribution in [0, 0.1) is 0 Å². The Hall–Kier alpha value is -1.84. The molecule has 2 aromatic rings. The third-order valence-electron chi connectivity index (χ3n) is 4.53. The van der Waals surface area contributed by atoms with Gasteiger partial charge in [-0.05, 0) is 42.6 Å². The molecular formula is C19H23NO2. The number of ether oxygens (including phenoxy) is 1. The molecule has 0 amide bonds. The van der Waals surface area contributed by atoms with Gasteiger partial charge in [-0.1, -0.05) is 42.5 Å². The lowest BCUT2D eigenvalue weighted by Crippen LogP contribution is -2.30. The normalized spacial score (nSPS) is 21.0. The van der Waals surface area contributed by atoms with E-state index in [-0.39, 0.29) is 12.0 Å². The van der Waals surface area contributed by atoms with Crippen molar-refractivity contribution in [1.29, 1.82) is 0 Å². The van der Waals surface area contributed by atoms with Gasteiger partial charge in [-0.15, -0.1) is 0 Å². The van der Waals surface area contributed by atoms with E-state index in [2.05, 4.69) is 29.6 Å². The number of aliphatic hydroxyl groups is 1. The van der Waals surface area contributed by atoms with E-state index in [0.29, 0.717) is 6.61 Å². The Bertz CT molecular complexity index is 591. The minimum Gasteiger partial charge on any atom is -0.489 e. The summed E-state index contributed by atoms with van der Waals surface area (Å²) in [4.78, 5) is 0. The molecule has 116 valence electrons. The number of rotatable bonds is 6. The van der Waals surface area contributed by atoms with Crippen LogP contribution in [0.15, 0.2) is 54.6 Å². The Kier molecular flexibility index (Phi) is 4.76. The average Bonchev–Trinajstić information content (AvgIpc) is 3.04. The van der Waals surface area contributed by atoms with Crippen LogP contribution in [0.2, 0.25) is 0 Å². The maximum atomic E-state index is 9.42. The fourth-order valence-electron chi connectivity index (χ4n) is 3.22. The summed E-state index contributed by atoms with van der Waals surface area (Å²) in [6.45, 7) is 2.73. The molecule has 22 heavy (non-hydrogen) atoms. The van der Waals surface area contributed by atoms with Crippen molar-refractivity contribution in [3.8, 4) is 5.75 Å². The van der Waals surface area contributed by atoms with Gasteiger partial charge in [-0.3, -0.25) is 0 Å². The first kappa shape index (κ1) is 15.1. The zero-order valence-electron chi connectivity index (χ0n) is 12.8. The molecule has 0 spiro atoms. The van der Waals surface area contributed by atoms with E-state index < -0.39 is 0 Å². The topological polar surface area (TPSA) is 41.5 Å². The Balaban J connectivity index is 1.74. The van der Waals surface area contributed by atoms with Gasteiger partial charge >= 0.3 is 0 Å². The first-order valence-electron chi connectivity index (χ1n) is 7.91. The molecule has 0 radical (unpaired) electrons. The number of hydrogen-bond donors (Lipinski definition) is 2. The summed E-state index contributed by atoms with van der Waals surface area (Å²) in [5.74, 6) is 0.894. The number of benzene rings is 2. The van der Waals surface area contributed by atoms with Crippen LogP contribution in [-0.2, 0) is 12.0 Å². The zero-order chi connectivity index (χ0) is 15.3. The predicted octanol–water partition coefficient (Wildman–Crippen LogP) is 2.88. The molecule has 1 atom stereocenters. The van der Waals surface area contributed by atoms with Crippen molar-refractivity contribution in [3.63, 3.8) is 0 Å². The summed E-state index contributed by atoms with van der Waals surface area (Å²) >= 11 is 0. The molecule has 3 rings (SSSR count). The molecule has 0 aliphatic carbocycles. The fourth-order valence-corrected chi connectivity index (χ4v) is 3.22. The summed E-state index contributed by atoms with van der Waals surface area (Å²) in [6, 6.07) is 18.5. The first-order chi connectivity index (χ1) is 10.8. The zero-order valence-corrected chi connectivity index (χ0v) is 12.8. The fraction of sp³-hybridized carbons (Fsp3) is 0.368. The molecule has 1 aliphatic rings. The summed E-state index contributed by atoms with van der Waals surface area (Å²) < 4.78 is 5.93. The van der Waals surface area contributed by atoms with Crippen molar-refractivity contribution in [3.05, 3.63) is 65.7 Å². The quantitative estimate of drug-likeness (QED) is 0.861. The van der Waals surface area contributed by atoms with Gasteiger partial charge in [0.2, 0.25) is 0 Å². The van der Waals surface area contributed by atoms with Gasteiger partial charge in [-0.25, -0.2) is 0 Å². The second-order valence-corrected chi connectivity index (χ2v) is 5.98. The third kappa shape index (κ3) is 3.32. The van der Waals surface area contributed by atoms with Crippen molar-refractivity contribution < 1.29 is 9.84 Å². The molecule has 0 aromatic heterocycles. The van der Waals surface area contributed by atoms with E-state index in [1.165, 1.54) is 11.1 Å². The number of nitrogens with one attached hydrogen (secondary N) is 1. The van der Waals surface area contributed by atoms with Crippen molar-refractivity contribution >= 4 is 0 Å². The Morgan fingerprint density at radius 1 is 1.09 bits per heavy atom. The molecule has 1 fully saturated rings. The molecule has 1 saturated heterocycles. The Morgan fingerprint density at radius 3 is 2.68 bits per heavy atom. The lowest BCUT2D eigenvalue weighted by molar-refractivity contribution is 0.243. The van der Waals surface area contributed by atoms with E-state index in [9.17, 15) is 5.11 Å². The van der Waals surface area contributed by atoms with Crippen molar-refractivity contribution in [2.24, 2.45) is 0 Å². The highest BCUT2D eigenvalue weighted by molar-refractivity contribution is 5.35. The molecule has 0 saturated carbocycles. The summed E-state index contributed by atoms with van der Waals surface area (Å²) in [5.41, 5.74) is 2.47. The minimum absolute atomic E-state index is 0.0425. The van der Waals surface area contributed by atoms with Gasteiger partial charge in [-0.2, -0.15) is 0 Å². The van der Waals surface area contributed by atoms with Crippen LogP contribution in [0.1, 0.15) is 24.0 Å². The highest BCUT2D eigenvalue weighted by atomic mass is 16.5. The largest absolute Gasteiger partial charge is 0.489 e. The van der Waals surface area contributed by atoms with Crippen molar-refractivity contribution in [1.82, 2.24) is 5.32 Å². The molecule has 1 heterocycles. The molecule has 0 bridgehead atoms. The third-order valence-corrected chi connectivity index (χ3v) is 4.53. The summed E-state index contributed by atoms with van der Waals surface area (Å²) in [7, 11) is 0. The maximum Gasteiger partial charge on any atom is 0.120 e. The maximum absolute atomic E-state index is 9.42. The highest BCUT2D eigenvalue weighted by Gasteiger charge is 2.35. The molecule has 1 unspecified atom stereocenters. The smallest absolute Gasteiger partial charge is 0.120 e. The van der Waals surface area contributed by atoms with E-state index in [0.717, 1.165) is 31.7 Å². The van der Waals surface area contributed by atoms with Gasteiger partial charge in [0, 0.05) is 18.6 Å². The van der Waals surface area contributed by atoms with Gasteiger partial charge < -0.3 is 15.2 Å². The molecule has 1 aliphatic heterocycles. The van der Waals surface area contributed by atoms with Crippen LogP contribution in [0.25, 0.3) is 0 Å². The monoisotopic (exact) mass is 297 g/mol. The standard InChI is InChI=1S/C19H23NO2/c21-12-10-19(9-11-20-15-19)17-7-4-8-18(13-17)22-14-16-5-2-1-3-6-16/h1-8,13,20-21H,9-12,14-15H2. The molecule has 3 heteroatoms. The lowest BCUT2D eigenvalue weighted by Gasteiger charge is -2.28. The molecule has 2 N–H and O–H groups in total. The van der Waals surface area contributed by atoms with Crippen LogP contribution in [0.4, 0.5) is 0 Å². The Morgan fingerprint density at radius 2 is 1.95 bits per heavy atom. The number of hydrogen-bond acceptors (Lipinski definition) is 3. The van der Waals surface area contributed by atoms with E-state index in [4.69, 9.17) is 4.74 Å². The summed E-state index contributed by atoms with van der Waals surface area (Å²) in [5, 5.41) is 12.8. The predicted molar refractivity (Wildman–Crippen MR) is 88.1 cm³/mol. The average molecular weight is 297 g/mol. The van der Waals surface area contributed by atoms with E-state index in [1.54, 1.807) is 0 Å². The second-order valence-electron chi connectivity index (χ2n) is 5.98. The minimum atomic E-state index is 0.0425. The van der Waals surface area contributed by atoms with Crippen LogP contribution >= 0.6 is 0 Å². The number of aliphatic hydroxyl groups excluding tert-OH is 1. The highest BCUT2D eigenvalue weighted by Crippen LogP contribution is 2.35. The van der Waals surface area contributed by atoms with Crippen molar-refractivity contribution in [2.75, 3.05) is 19.7 Å².